The van der Waals surface area contributed by atoms with Gasteiger partial charge in [-0.25, -0.2) is 8.42 Å². The maximum Gasteiger partial charge on any atom is 0.393 e. The summed E-state index contributed by atoms with van der Waals surface area (Å²) in [6, 6.07) is 2.61. The van der Waals surface area contributed by atoms with E-state index in [4.69, 9.17) is 9.84 Å². The minimum absolute atomic E-state index is 0.185. The van der Waals surface area contributed by atoms with Gasteiger partial charge in [-0.1, -0.05) is 0 Å². The molecular weight excluding hydrogens is 363 g/mol. The Bertz CT molecular complexity index is 768. The average Bonchev–Trinajstić information content (AvgIpc) is 2.93. The number of aryl methyl sites for hydroxylation is 2. The van der Waals surface area contributed by atoms with Crippen LogP contribution in [0.3, 0.4) is 0 Å². The van der Waals surface area contributed by atoms with E-state index in [2.05, 4.69) is 0 Å². The molecule has 1 N–H and O–H groups in total. The van der Waals surface area contributed by atoms with E-state index in [1.807, 2.05) is 0 Å². The van der Waals surface area contributed by atoms with Crippen molar-refractivity contribution in [2.24, 2.45) is 11.8 Å². The molecule has 2 atom stereocenters. The summed E-state index contributed by atoms with van der Waals surface area (Å²) >= 11 is 0. The Morgan fingerprint density at radius 3 is 2.12 bits per heavy atom. The van der Waals surface area contributed by atoms with Crippen LogP contribution in [-0.4, -0.2) is 50.2 Å². The van der Waals surface area contributed by atoms with Gasteiger partial charge < -0.3 is 9.84 Å². The molecule has 0 aliphatic carbocycles. The molecule has 2 rings (SSSR count). The first kappa shape index (κ1) is 19.5. The number of ether oxygens (including phenoxy) is 1. The average molecular weight is 381 g/mol. The molecular formula is C15H18F3NO5S. The summed E-state index contributed by atoms with van der Waals surface area (Å²) in [6.07, 6.45) is -4.79. The number of halogens is 3. The van der Waals surface area contributed by atoms with E-state index in [1.165, 1.54) is 19.2 Å². The molecule has 0 saturated carbocycles. The molecule has 0 spiro atoms. The number of carbonyl (C=O) groups is 1. The molecule has 25 heavy (non-hydrogen) atoms. The number of aliphatic carboxylic acids is 1. The Kier molecular flexibility index (Phi) is 5.06. The number of carboxylic acids is 1. The second kappa shape index (κ2) is 6.49. The number of methoxy groups -OCH3 is 1. The first-order valence-electron chi connectivity index (χ1n) is 7.34. The van der Waals surface area contributed by atoms with Crippen LogP contribution in [0.2, 0.25) is 0 Å². The lowest BCUT2D eigenvalue weighted by molar-refractivity contribution is -0.187. The summed E-state index contributed by atoms with van der Waals surface area (Å²) in [5.74, 6) is -5.24. The van der Waals surface area contributed by atoms with E-state index >= 15 is 0 Å². The standard InChI is InChI=1S/C15H18F3NO5S/c1-8-4-10(5-9(2)13(8)24-3)25(22,23)19-6-11(14(20)21)12(7-19)15(16,17)18/h4-5,11-12H,6-7H2,1-3H3,(H,20,21)/t11-,12-/m1/s1. The fourth-order valence-corrected chi connectivity index (χ4v) is 4.74. The molecule has 0 unspecified atom stereocenters. The van der Waals surface area contributed by atoms with Gasteiger partial charge in [0.15, 0.2) is 0 Å². The normalized spacial score (nSPS) is 22.2. The molecule has 1 fully saturated rings. The van der Waals surface area contributed by atoms with Crippen LogP contribution in [0.25, 0.3) is 0 Å². The molecule has 6 nitrogen and oxygen atoms in total. The van der Waals surface area contributed by atoms with Gasteiger partial charge in [0.25, 0.3) is 0 Å². The topological polar surface area (TPSA) is 83.9 Å². The Hall–Kier alpha value is -1.81. The third-order valence-electron chi connectivity index (χ3n) is 4.30. The minimum atomic E-state index is -4.79. The first-order chi connectivity index (χ1) is 11.4. The molecule has 0 bridgehead atoms. The lowest BCUT2D eigenvalue weighted by Crippen LogP contribution is -2.34. The Morgan fingerprint density at radius 2 is 1.76 bits per heavy atom. The van der Waals surface area contributed by atoms with Crippen molar-refractivity contribution < 1.29 is 36.2 Å². The van der Waals surface area contributed by atoms with Crippen molar-refractivity contribution in [3.8, 4) is 5.75 Å². The molecule has 1 heterocycles. The largest absolute Gasteiger partial charge is 0.496 e. The number of rotatable bonds is 4. The van der Waals surface area contributed by atoms with Crippen LogP contribution in [-0.2, 0) is 14.8 Å². The Morgan fingerprint density at radius 1 is 1.24 bits per heavy atom. The van der Waals surface area contributed by atoms with Crippen molar-refractivity contribution in [1.29, 1.82) is 0 Å². The highest BCUT2D eigenvalue weighted by molar-refractivity contribution is 7.89. The van der Waals surface area contributed by atoms with Gasteiger partial charge in [0, 0.05) is 13.1 Å². The monoisotopic (exact) mass is 381 g/mol. The van der Waals surface area contributed by atoms with Crippen molar-refractivity contribution in [2.45, 2.75) is 24.9 Å². The van der Waals surface area contributed by atoms with Gasteiger partial charge in [0.05, 0.1) is 23.8 Å². The van der Waals surface area contributed by atoms with Gasteiger partial charge in [0.1, 0.15) is 5.75 Å². The smallest absolute Gasteiger partial charge is 0.393 e. The molecule has 1 aliphatic rings. The number of sulfonamides is 1. The zero-order chi connectivity index (χ0) is 19.2. The van der Waals surface area contributed by atoms with Crippen LogP contribution in [0.15, 0.2) is 17.0 Å². The van der Waals surface area contributed by atoms with Crippen LogP contribution in [0.4, 0.5) is 13.2 Å². The van der Waals surface area contributed by atoms with Crippen molar-refractivity contribution >= 4 is 16.0 Å². The molecule has 1 saturated heterocycles. The maximum atomic E-state index is 13.1. The predicted molar refractivity (Wildman–Crippen MR) is 81.9 cm³/mol. The number of alkyl halides is 3. The zero-order valence-electron chi connectivity index (χ0n) is 13.8. The fourth-order valence-electron chi connectivity index (χ4n) is 3.08. The van der Waals surface area contributed by atoms with E-state index in [1.54, 1.807) is 13.8 Å². The van der Waals surface area contributed by atoms with Gasteiger partial charge >= 0.3 is 12.1 Å². The van der Waals surface area contributed by atoms with Crippen LogP contribution in [0.5, 0.6) is 5.75 Å². The van der Waals surface area contributed by atoms with Crippen LogP contribution < -0.4 is 4.74 Å². The highest BCUT2D eigenvalue weighted by Crippen LogP contribution is 2.40. The summed E-state index contributed by atoms with van der Waals surface area (Å²) in [5.41, 5.74) is 1.03. The van der Waals surface area contributed by atoms with Gasteiger partial charge in [0.2, 0.25) is 10.0 Å². The predicted octanol–water partition coefficient (Wildman–Crippen LogP) is 2.20. The van der Waals surface area contributed by atoms with E-state index in [0.717, 1.165) is 0 Å². The summed E-state index contributed by atoms with van der Waals surface area (Å²) in [4.78, 5) is 10.9. The number of carboxylic acid groups (broad SMARTS) is 1. The van der Waals surface area contributed by atoms with Crippen LogP contribution >= 0.6 is 0 Å². The second-order valence-electron chi connectivity index (χ2n) is 6.01. The van der Waals surface area contributed by atoms with Crippen molar-refractivity contribution in [2.75, 3.05) is 20.2 Å². The van der Waals surface area contributed by atoms with Crippen molar-refractivity contribution in [3.63, 3.8) is 0 Å². The zero-order valence-corrected chi connectivity index (χ0v) is 14.6. The quantitative estimate of drug-likeness (QED) is 0.864. The molecule has 0 aromatic heterocycles. The van der Waals surface area contributed by atoms with Gasteiger partial charge in [-0.2, -0.15) is 17.5 Å². The molecule has 1 aliphatic heterocycles. The van der Waals surface area contributed by atoms with Crippen LogP contribution in [0, 0.1) is 25.7 Å². The highest BCUT2D eigenvalue weighted by atomic mass is 32.2. The SMILES string of the molecule is COc1c(C)cc(S(=O)(=O)N2C[C@@H](C(F)(F)F)[C@H](C(=O)O)C2)cc1C. The van der Waals surface area contributed by atoms with E-state index in [9.17, 15) is 26.4 Å². The van der Waals surface area contributed by atoms with E-state index in [-0.39, 0.29) is 4.90 Å². The highest BCUT2D eigenvalue weighted by Gasteiger charge is 2.55. The third-order valence-corrected chi connectivity index (χ3v) is 6.11. The number of hydrogen-bond donors (Lipinski definition) is 1. The Labute approximate surface area is 143 Å². The fraction of sp³-hybridized carbons (Fsp3) is 0.533. The number of hydrogen-bond acceptors (Lipinski definition) is 4. The van der Waals surface area contributed by atoms with Gasteiger partial charge in [-0.05, 0) is 37.1 Å². The minimum Gasteiger partial charge on any atom is -0.496 e. The van der Waals surface area contributed by atoms with E-state index < -0.39 is 47.1 Å². The molecule has 10 heteroatoms. The summed E-state index contributed by atoms with van der Waals surface area (Å²) in [7, 11) is -2.83. The second-order valence-corrected chi connectivity index (χ2v) is 7.94. The number of benzene rings is 1. The maximum absolute atomic E-state index is 13.1. The molecule has 1 aromatic rings. The van der Waals surface area contributed by atoms with Crippen molar-refractivity contribution in [1.82, 2.24) is 4.31 Å². The van der Waals surface area contributed by atoms with E-state index in [0.29, 0.717) is 21.2 Å². The molecule has 140 valence electrons. The first-order valence-corrected chi connectivity index (χ1v) is 8.78. The molecule has 0 radical (unpaired) electrons. The number of nitrogens with zero attached hydrogens (tertiary/aromatic N) is 1. The van der Waals surface area contributed by atoms with Crippen molar-refractivity contribution in [3.05, 3.63) is 23.3 Å². The third kappa shape index (κ3) is 3.59. The lowest BCUT2D eigenvalue weighted by atomic mass is 9.96. The molecule has 1 aromatic carbocycles. The molecule has 0 amide bonds. The summed E-state index contributed by atoms with van der Waals surface area (Å²) < 4.78 is 70.3. The van der Waals surface area contributed by atoms with Gasteiger partial charge in [-0.3, -0.25) is 4.79 Å². The Balaban J connectivity index is 2.43. The van der Waals surface area contributed by atoms with Crippen LogP contribution in [0.1, 0.15) is 11.1 Å². The summed E-state index contributed by atoms with van der Waals surface area (Å²) in [5, 5.41) is 9.02. The lowest BCUT2D eigenvalue weighted by Gasteiger charge is -2.19. The summed E-state index contributed by atoms with van der Waals surface area (Å²) in [6.45, 7) is 1.61. The van der Waals surface area contributed by atoms with Gasteiger partial charge in [-0.15, -0.1) is 0 Å².